The number of hydrogen-bond acceptors (Lipinski definition) is 10. The zero-order valence-corrected chi connectivity index (χ0v) is 17.1. The van der Waals surface area contributed by atoms with Gasteiger partial charge in [-0.05, 0) is 32.9 Å². The lowest BCUT2D eigenvalue weighted by Crippen LogP contribution is -2.63. The molecule has 12 heteroatoms. The molecule has 8 N–H and O–H groups in total. The number of hydrogen-bond donors (Lipinski definition) is 6. The van der Waals surface area contributed by atoms with E-state index in [0.29, 0.717) is 0 Å². The number of ketones is 2. The van der Waals surface area contributed by atoms with Gasteiger partial charge in [-0.1, -0.05) is 0 Å². The van der Waals surface area contributed by atoms with Crippen LogP contribution < -0.4 is 11.5 Å². The first-order chi connectivity index (χ1) is 14.8. The van der Waals surface area contributed by atoms with Gasteiger partial charge >= 0.3 is 0 Å². The number of rotatable bonds is 2. The van der Waals surface area contributed by atoms with Crippen molar-refractivity contribution < 1.29 is 39.2 Å². The molecule has 32 heavy (non-hydrogen) atoms. The van der Waals surface area contributed by atoms with Crippen LogP contribution in [0.3, 0.4) is 0 Å². The van der Waals surface area contributed by atoms with E-state index in [-0.39, 0.29) is 18.4 Å². The molecule has 1 aromatic rings. The molecule has 0 aliphatic heterocycles. The number of aromatic nitrogens is 1. The number of nitrogens with two attached hydrogens (primary N) is 2. The number of anilines is 1. The molecule has 1 heterocycles. The fraction of sp³-hybridized carbons (Fsp3) is 0.400. The molecule has 4 rings (SSSR count). The highest BCUT2D eigenvalue weighted by atomic mass is 19.1. The van der Waals surface area contributed by atoms with Crippen molar-refractivity contribution in [2.45, 2.75) is 24.5 Å². The van der Waals surface area contributed by atoms with E-state index >= 15 is 0 Å². The van der Waals surface area contributed by atoms with Crippen molar-refractivity contribution in [3.8, 4) is 5.75 Å². The molecule has 3 aliphatic carbocycles. The van der Waals surface area contributed by atoms with Crippen molar-refractivity contribution in [3.63, 3.8) is 0 Å². The number of Topliss-reactive ketones (excluding diaryl/α,β-unsaturated/α-hetero) is 2. The first-order valence-corrected chi connectivity index (χ1v) is 9.65. The zero-order valence-electron chi connectivity index (χ0n) is 17.1. The van der Waals surface area contributed by atoms with Crippen LogP contribution in [0.2, 0.25) is 0 Å². The molecule has 3 aliphatic rings. The van der Waals surface area contributed by atoms with E-state index in [1.165, 1.54) is 19.0 Å². The number of aliphatic hydroxyl groups excluding tert-OH is 2. The Morgan fingerprint density at radius 3 is 2.44 bits per heavy atom. The molecule has 0 saturated carbocycles. The summed E-state index contributed by atoms with van der Waals surface area (Å²) in [7, 11) is 3.02. The molecule has 4 atom stereocenters. The molecule has 0 bridgehead atoms. The second-order valence-corrected chi connectivity index (χ2v) is 8.45. The van der Waals surface area contributed by atoms with Gasteiger partial charge in [0.15, 0.2) is 23.0 Å². The quantitative estimate of drug-likeness (QED) is 0.247. The van der Waals surface area contributed by atoms with E-state index in [2.05, 4.69) is 4.98 Å². The van der Waals surface area contributed by atoms with Crippen molar-refractivity contribution in [2.75, 3.05) is 19.8 Å². The summed E-state index contributed by atoms with van der Waals surface area (Å²) in [6.07, 6.45) is -0.336. The van der Waals surface area contributed by atoms with Gasteiger partial charge in [-0.15, -0.1) is 0 Å². The predicted molar refractivity (Wildman–Crippen MR) is 106 cm³/mol. The molecule has 1 amide bonds. The lowest BCUT2D eigenvalue weighted by molar-refractivity contribution is -0.148. The fourth-order valence-electron chi connectivity index (χ4n) is 5.18. The first kappa shape index (κ1) is 21.7. The predicted octanol–water partition coefficient (Wildman–Crippen LogP) is -0.763. The topological polar surface area (TPSA) is 200 Å². The number of likely N-dealkylation sites (N-methyl/N-ethyl adjacent to an activating group) is 1. The summed E-state index contributed by atoms with van der Waals surface area (Å²) in [6.45, 7) is 0. The van der Waals surface area contributed by atoms with Crippen molar-refractivity contribution in [3.05, 3.63) is 39.7 Å². The minimum absolute atomic E-state index is 0.143. The molecule has 0 radical (unpaired) electrons. The van der Waals surface area contributed by atoms with Crippen LogP contribution in [-0.2, 0) is 16.0 Å². The van der Waals surface area contributed by atoms with Crippen molar-refractivity contribution >= 4 is 23.3 Å². The third-order valence-electron chi connectivity index (χ3n) is 6.56. The van der Waals surface area contributed by atoms with Gasteiger partial charge < -0.3 is 31.9 Å². The number of aliphatic hydroxyl groups is 3. The maximum Gasteiger partial charge on any atom is 0.255 e. The number of aromatic hydroxyl groups is 1. The summed E-state index contributed by atoms with van der Waals surface area (Å²) < 4.78 is 14.5. The second kappa shape index (κ2) is 6.74. The van der Waals surface area contributed by atoms with Crippen LogP contribution in [-0.4, -0.2) is 73.5 Å². The number of halogens is 1. The minimum Gasteiger partial charge on any atom is -0.510 e. The lowest BCUT2D eigenvalue weighted by Gasteiger charge is -2.50. The number of amides is 1. The number of allylic oxidation sites excluding steroid dienone is 1. The number of primary amides is 1. The van der Waals surface area contributed by atoms with Crippen molar-refractivity contribution in [1.82, 2.24) is 9.88 Å². The average molecular weight is 448 g/mol. The molecule has 0 fully saturated rings. The van der Waals surface area contributed by atoms with Gasteiger partial charge in [0, 0.05) is 17.1 Å². The van der Waals surface area contributed by atoms with E-state index in [4.69, 9.17) is 11.5 Å². The molecule has 11 nitrogen and oxygen atoms in total. The van der Waals surface area contributed by atoms with Crippen LogP contribution in [0.25, 0.3) is 0 Å². The highest BCUT2D eigenvalue weighted by molar-refractivity contribution is 6.24. The SMILES string of the molecule is CN(C)[C@@H]1C(O)=C(C(N)=O)C(=O)[C@@]2(O)C(O)=C3C(=O)c4c(O)c(N)nc(F)c4C[C@H]3C[C@@H]12. The Labute approximate surface area is 180 Å². The smallest absolute Gasteiger partial charge is 0.255 e. The van der Waals surface area contributed by atoms with Crippen LogP contribution in [0.5, 0.6) is 5.75 Å². The van der Waals surface area contributed by atoms with Crippen LogP contribution in [0.15, 0.2) is 22.7 Å². The summed E-state index contributed by atoms with van der Waals surface area (Å²) in [5.74, 6) is -9.95. The van der Waals surface area contributed by atoms with Crippen LogP contribution in [0.1, 0.15) is 22.3 Å². The molecule has 1 aromatic heterocycles. The van der Waals surface area contributed by atoms with E-state index < -0.39 is 86.7 Å². The summed E-state index contributed by atoms with van der Waals surface area (Å²) in [4.78, 5) is 43.0. The van der Waals surface area contributed by atoms with E-state index in [1.807, 2.05) is 0 Å². The average Bonchev–Trinajstić information content (AvgIpc) is 2.68. The summed E-state index contributed by atoms with van der Waals surface area (Å²) in [6, 6.07) is -1.12. The van der Waals surface area contributed by atoms with Gasteiger partial charge in [0.05, 0.1) is 11.6 Å². The Balaban J connectivity index is 1.99. The Bertz CT molecular complexity index is 1170. The molecule has 0 unspecified atom stereocenters. The highest BCUT2D eigenvalue weighted by Gasteiger charge is 2.63. The maximum atomic E-state index is 14.5. The van der Waals surface area contributed by atoms with Gasteiger partial charge in [0.2, 0.25) is 11.7 Å². The highest BCUT2D eigenvalue weighted by Crippen LogP contribution is 2.52. The minimum atomic E-state index is -2.75. The third-order valence-corrected chi connectivity index (χ3v) is 6.56. The number of carbonyl (C=O) groups excluding carboxylic acids is 3. The number of fused-ring (bicyclic) bond motifs is 3. The monoisotopic (exact) mass is 448 g/mol. The lowest BCUT2D eigenvalue weighted by atomic mass is 9.58. The molecular weight excluding hydrogens is 427 g/mol. The van der Waals surface area contributed by atoms with E-state index in [0.717, 1.165) is 0 Å². The number of nitrogens with zero attached hydrogens (tertiary/aromatic N) is 2. The van der Waals surface area contributed by atoms with E-state index in [1.54, 1.807) is 0 Å². The number of pyridine rings is 1. The standard InChI is InChI=1S/C20H21FN4O7/c1-25(2)11-7-4-5-3-6-9(14(28)18(22)24-17(6)21)12(26)8(5)15(29)20(7,32)16(30)10(13(11)27)19(23)31/h5,7,11,27-29,32H,3-4H2,1-2H3,(H2,22,24)(H2,23,31)/t5-,7-,11-,20-/m0/s1. The Hall–Kier alpha value is -3.51. The maximum absolute atomic E-state index is 14.5. The van der Waals surface area contributed by atoms with Gasteiger partial charge in [0.25, 0.3) is 5.91 Å². The van der Waals surface area contributed by atoms with Gasteiger partial charge in [-0.2, -0.15) is 9.37 Å². The zero-order chi connectivity index (χ0) is 23.9. The first-order valence-electron chi connectivity index (χ1n) is 9.65. The van der Waals surface area contributed by atoms with Crippen LogP contribution in [0.4, 0.5) is 10.2 Å². The largest absolute Gasteiger partial charge is 0.510 e. The summed E-state index contributed by atoms with van der Waals surface area (Å²) in [5.41, 5.74) is 5.92. The molecule has 0 saturated heterocycles. The fourth-order valence-corrected chi connectivity index (χ4v) is 5.18. The van der Waals surface area contributed by atoms with Gasteiger partial charge in [0.1, 0.15) is 17.1 Å². The summed E-state index contributed by atoms with van der Waals surface area (Å²) >= 11 is 0. The van der Waals surface area contributed by atoms with E-state index in [9.17, 15) is 39.2 Å². The van der Waals surface area contributed by atoms with Crippen LogP contribution in [0, 0.1) is 17.8 Å². The molecule has 170 valence electrons. The number of nitrogen functional groups attached to an aromatic ring is 1. The molecule has 0 spiro atoms. The normalized spacial score (nSPS) is 29.7. The summed E-state index contributed by atoms with van der Waals surface area (Å²) in [5, 5.41) is 43.3. The number of carbonyl (C=O) groups is 3. The van der Waals surface area contributed by atoms with Crippen molar-refractivity contribution in [2.24, 2.45) is 17.6 Å². The van der Waals surface area contributed by atoms with Crippen LogP contribution >= 0.6 is 0 Å². The Morgan fingerprint density at radius 2 is 1.88 bits per heavy atom. The third kappa shape index (κ3) is 2.53. The Kier molecular flexibility index (Phi) is 4.57. The second-order valence-electron chi connectivity index (χ2n) is 8.45. The van der Waals surface area contributed by atoms with Gasteiger partial charge in [-0.3, -0.25) is 19.3 Å². The Morgan fingerprint density at radius 1 is 1.25 bits per heavy atom. The van der Waals surface area contributed by atoms with Crippen molar-refractivity contribution in [1.29, 1.82) is 0 Å². The van der Waals surface area contributed by atoms with Gasteiger partial charge in [-0.25, -0.2) is 0 Å². The molecule has 0 aromatic carbocycles. The molecular formula is C20H21FN4O7.